The molecule has 0 radical (unpaired) electrons. The van der Waals surface area contributed by atoms with Crippen molar-refractivity contribution < 1.29 is 14.4 Å². The number of carbonyl (C=O) groups is 3. The number of hydrogen-bond donors (Lipinski definition) is 1. The Morgan fingerprint density at radius 3 is 2.39 bits per heavy atom. The lowest BCUT2D eigenvalue weighted by atomic mass is 9.97. The molecule has 1 saturated carbocycles. The molecule has 2 fully saturated rings. The molecule has 0 aromatic heterocycles. The van der Waals surface area contributed by atoms with Gasteiger partial charge in [0.25, 0.3) is 0 Å². The van der Waals surface area contributed by atoms with Gasteiger partial charge in [-0.2, -0.15) is 0 Å². The van der Waals surface area contributed by atoms with Gasteiger partial charge in [-0.25, -0.2) is 0 Å². The zero-order valence-corrected chi connectivity index (χ0v) is 10.8. The molecule has 18 heavy (non-hydrogen) atoms. The van der Waals surface area contributed by atoms with Gasteiger partial charge < -0.3 is 4.90 Å². The SMILES string of the molecule is CC1C(=O)NC(=O)CN1C(=O)C1CCCCCC1. The third-order valence-electron chi connectivity index (χ3n) is 3.91. The van der Waals surface area contributed by atoms with E-state index in [-0.39, 0.29) is 30.2 Å². The molecule has 1 atom stereocenters. The number of nitrogens with zero attached hydrogens (tertiary/aromatic N) is 1. The van der Waals surface area contributed by atoms with Crippen LogP contribution in [-0.4, -0.2) is 35.2 Å². The summed E-state index contributed by atoms with van der Waals surface area (Å²) in [6, 6.07) is -0.529. The molecular formula is C13H20N2O3. The van der Waals surface area contributed by atoms with E-state index in [1.54, 1.807) is 6.92 Å². The van der Waals surface area contributed by atoms with Crippen LogP contribution in [0.2, 0.25) is 0 Å². The molecule has 0 aromatic carbocycles. The number of amides is 3. The van der Waals surface area contributed by atoms with E-state index in [4.69, 9.17) is 0 Å². The highest BCUT2D eigenvalue weighted by Crippen LogP contribution is 2.25. The summed E-state index contributed by atoms with van der Waals surface area (Å²) in [5, 5.41) is 2.26. The smallest absolute Gasteiger partial charge is 0.249 e. The summed E-state index contributed by atoms with van der Waals surface area (Å²) in [5.41, 5.74) is 0. The zero-order chi connectivity index (χ0) is 13.1. The van der Waals surface area contributed by atoms with Crippen LogP contribution in [0.5, 0.6) is 0 Å². The number of imide groups is 1. The third kappa shape index (κ3) is 2.71. The second kappa shape index (κ2) is 5.50. The summed E-state index contributed by atoms with van der Waals surface area (Å²) in [7, 11) is 0. The fourth-order valence-corrected chi connectivity index (χ4v) is 2.74. The van der Waals surface area contributed by atoms with Gasteiger partial charge in [-0.05, 0) is 19.8 Å². The van der Waals surface area contributed by atoms with Crippen molar-refractivity contribution in [3.8, 4) is 0 Å². The van der Waals surface area contributed by atoms with Gasteiger partial charge in [-0.3, -0.25) is 19.7 Å². The summed E-state index contributed by atoms with van der Waals surface area (Å²) in [6.45, 7) is 1.69. The lowest BCUT2D eigenvalue weighted by Crippen LogP contribution is -2.59. The summed E-state index contributed by atoms with van der Waals surface area (Å²) in [6.07, 6.45) is 6.27. The lowest BCUT2D eigenvalue weighted by molar-refractivity contribution is -0.151. The predicted octanol–water partition coefficient (Wildman–Crippen LogP) is 0.830. The minimum atomic E-state index is -0.529. The van der Waals surface area contributed by atoms with Gasteiger partial charge in [0.15, 0.2) is 0 Å². The van der Waals surface area contributed by atoms with E-state index in [9.17, 15) is 14.4 Å². The van der Waals surface area contributed by atoms with E-state index in [2.05, 4.69) is 5.32 Å². The molecule has 5 nitrogen and oxygen atoms in total. The molecule has 0 bridgehead atoms. The van der Waals surface area contributed by atoms with Crippen molar-refractivity contribution in [1.82, 2.24) is 10.2 Å². The minimum absolute atomic E-state index is 0.00588. The summed E-state index contributed by atoms with van der Waals surface area (Å²) in [4.78, 5) is 36.7. The third-order valence-corrected chi connectivity index (χ3v) is 3.91. The van der Waals surface area contributed by atoms with E-state index in [0.29, 0.717) is 0 Å². The monoisotopic (exact) mass is 252 g/mol. The minimum Gasteiger partial charge on any atom is -0.321 e. The van der Waals surface area contributed by atoms with E-state index < -0.39 is 6.04 Å². The number of rotatable bonds is 1. The highest BCUT2D eigenvalue weighted by molar-refractivity contribution is 6.04. The van der Waals surface area contributed by atoms with Gasteiger partial charge in [0.05, 0.1) is 0 Å². The van der Waals surface area contributed by atoms with Crippen molar-refractivity contribution in [2.75, 3.05) is 6.54 Å². The van der Waals surface area contributed by atoms with Crippen LogP contribution in [0.25, 0.3) is 0 Å². The average molecular weight is 252 g/mol. The van der Waals surface area contributed by atoms with Crippen molar-refractivity contribution in [2.45, 2.75) is 51.5 Å². The largest absolute Gasteiger partial charge is 0.321 e. The lowest BCUT2D eigenvalue weighted by Gasteiger charge is -2.34. The van der Waals surface area contributed by atoms with E-state index in [1.165, 1.54) is 17.7 Å². The number of nitrogens with one attached hydrogen (secondary N) is 1. The van der Waals surface area contributed by atoms with Crippen LogP contribution in [0.15, 0.2) is 0 Å². The van der Waals surface area contributed by atoms with Gasteiger partial charge in [0.2, 0.25) is 17.7 Å². The van der Waals surface area contributed by atoms with Crippen LogP contribution in [0.3, 0.4) is 0 Å². The Kier molecular flexibility index (Phi) is 3.99. The summed E-state index contributed by atoms with van der Waals surface area (Å²) >= 11 is 0. The second-order valence-electron chi connectivity index (χ2n) is 5.24. The molecule has 1 saturated heterocycles. The molecule has 2 aliphatic rings. The molecule has 1 aliphatic carbocycles. The molecule has 1 N–H and O–H groups in total. The summed E-state index contributed by atoms with van der Waals surface area (Å²) < 4.78 is 0. The molecule has 2 rings (SSSR count). The van der Waals surface area contributed by atoms with Gasteiger partial charge in [-0.15, -0.1) is 0 Å². The molecule has 1 unspecified atom stereocenters. The Hall–Kier alpha value is -1.39. The number of carbonyl (C=O) groups excluding carboxylic acids is 3. The van der Waals surface area contributed by atoms with Gasteiger partial charge >= 0.3 is 0 Å². The normalized spacial score (nSPS) is 26.7. The molecule has 3 amide bonds. The molecule has 0 aromatic rings. The topological polar surface area (TPSA) is 66.5 Å². The number of piperazine rings is 1. The van der Waals surface area contributed by atoms with E-state index in [0.717, 1.165) is 25.7 Å². The Bertz CT molecular complexity index is 359. The van der Waals surface area contributed by atoms with Crippen molar-refractivity contribution in [2.24, 2.45) is 5.92 Å². The van der Waals surface area contributed by atoms with Crippen molar-refractivity contribution in [1.29, 1.82) is 0 Å². The van der Waals surface area contributed by atoms with Gasteiger partial charge in [0, 0.05) is 5.92 Å². The van der Waals surface area contributed by atoms with Gasteiger partial charge in [0.1, 0.15) is 12.6 Å². The highest BCUT2D eigenvalue weighted by Gasteiger charge is 2.36. The molecule has 1 aliphatic heterocycles. The highest BCUT2D eigenvalue weighted by atomic mass is 16.2. The van der Waals surface area contributed by atoms with Crippen LogP contribution in [-0.2, 0) is 14.4 Å². The Balaban J connectivity index is 2.06. The Labute approximate surface area is 107 Å². The summed E-state index contributed by atoms with van der Waals surface area (Å²) in [5.74, 6) is -0.769. The first-order valence-electron chi connectivity index (χ1n) is 6.74. The first kappa shape index (κ1) is 13.1. The quantitative estimate of drug-likeness (QED) is 0.555. The van der Waals surface area contributed by atoms with Crippen LogP contribution in [0.1, 0.15) is 45.4 Å². The molecular weight excluding hydrogens is 232 g/mol. The van der Waals surface area contributed by atoms with Crippen LogP contribution in [0, 0.1) is 5.92 Å². The van der Waals surface area contributed by atoms with Gasteiger partial charge in [-0.1, -0.05) is 25.7 Å². The first-order chi connectivity index (χ1) is 8.59. The second-order valence-corrected chi connectivity index (χ2v) is 5.24. The Morgan fingerprint density at radius 1 is 1.17 bits per heavy atom. The van der Waals surface area contributed by atoms with Crippen molar-refractivity contribution in [3.63, 3.8) is 0 Å². The zero-order valence-electron chi connectivity index (χ0n) is 10.8. The molecule has 0 spiro atoms. The maximum Gasteiger partial charge on any atom is 0.249 e. The maximum atomic E-state index is 12.4. The standard InChI is InChI=1S/C13H20N2O3/c1-9-12(17)14-11(16)8-15(9)13(18)10-6-4-2-3-5-7-10/h9-10H,2-8H2,1H3,(H,14,16,17). The molecule has 1 heterocycles. The van der Waals surface area contributed by atoms with Crippen LogP contribution < -0.4 is 5.32 Å². The van der Waals surface area contributed by atoms with Crippen LogP contribution in [0.4, 0.5) is 0 Å². The van der Waals surface area contributed by atoms with E-state index in [1.807, 2.05) is 0 Å². The van der Waals surface area contributed by atoms with Crippen LogP contribution >= 0.6 is 0 Å². The predicted molar refractivity (Wildman–Crippen MR) is 65.5 cm³/mol. The fraction of sp³-hybridized carbons (Fsp3) is 0.769. The first-order valence-corrected chi connectivity index (χ1v) is 6.74. The Morgan fingerprint density at radius 2 is 1.78 bits per heavy atom. The average Bonchev–Trinajstić information content (AvgIpc) is 2.61. The fourth-order valence-electron chi connectivity index (χ4n) is 2.74. The maximum absolute atomic E-state index is 12.4. The van der Waals surface area contributed by atoms with Crippen molar-refractivity contribution in [3.05, 3.63) is 0 Å². The molecule has 5 heteroatoms. The van der Waals surface area contributed by atoms with Crippen molar-refractivity contribution >= 4 is 17.7 Å². The number of hydrogen-bond acceptors (Lipinski definition) is 3. The van der Waals surface area contributed by atoms with E-state index >= 15 is 0 Å². The molecule has 100 valence electrons.